The molecule has 1 atom stereocenters. The van der Waals surface area contributed by atoms with Crippen LogP contribution in [0.25, 0.3) is 0 Å². The fourth-order valence-corrected chi connectivity index (χ4v) is 2.32. The average molecular weight is 264 g/mol. The normalized spacial score (nSPS) is 17.6. The fourth-order valence-electron chi connectivity index (χ4n) is 2.32. The number of hydrogen-bond acceptors (Lipinski definition) is 3. The lowest BCUT2D eigenvalue weighted by molar-refractivity contribution is -0.150. The summed E-state index contributed by atoms with van der Waals surface area (Å²) in [5.41, 5.74) is -0.665. The van der Waals surface area contributed by atoms with Crippen molar-refractivity contribution in [1.29, 1.82) is 0 Å². The van der Waals surface area contributed by atoms with Crippen molar-refractivity contribution < 1.29 is 19.4 Å². The van der Waals surface area contributed by atoms with Gasteiger partial charge in [-0.2, -0.15) is 0 Å². The zero-order valence-electron chi connectivity index (χ0n) is 11.4. The molecule has 104 valence electrons. The first-order chi connectivity index (χ1) is 9.08. The summed E-state index contributed by atoms with van der Waals surface area (Å²) in [6.45, 7) is 2.21. The van der Waals surface area contributed by atoms with Crippen molar-refractivity contribution in [2.45, 2.75) is 26.2 Å². The van der Waals surface area contributed by atoms with Gasteiger partial charge in [-0.05, 0) is 44.2 Å². The first kappa shape index (κ1) is 13.7. The summed E-state index contributed by atoms with van der Waals surface area (Å²) in [4.78, 5) is 11.4. The minimum Gasteiger partial charge on any atom is -0.493 e. The van der Waals surface area contributed by atoms with Gasteiger partial charge >= 0.3 is 5.97 Å². The van der Waals surface area contributed by atoms with Gasteiger partial charge in [0.25, 0.3) is 0 Å². The highest BCUT2D eigenvalue weighted by molar-refractivity contribution is 5.75. The first-order valence-corrected chi connectivity index (χ1v) is 6.57. The summed E-state index contributed by atoms with van der Waals surface area (Å²) in [5.74, 6) is 0.907. The van der Waals surface area contributed by atoms with Crippen molar-refractivity contribution in [2.75, 3.05) is 13.7 Å². The number of para-hydroxylation sites is 2. The Hall–Kier alpha value is -1.71. The van der Waals surface area contributed by atoms with E-state index in [1.807, 2.05) is 31.2 Å². The molecule has 0 saturated heterocycles. The van der Waals surface area contributed by atoms with E-state index in [0.717, 1.165) is 12.8 Å². The number of ether oxygens (including phenoxy) is 2. The van der Waals surface area contributed by atoms with Crippen LogP contribution in [0, 0.1) is 11.3 Å². The molecule has 2 rings (SSSR count). The summed E-state index contributed by atoms with van der Waals surface area (Å²) in [5, 5.41) is 9.36. The SMILES string of the molecule is COc1ccccc1OCCC(C)(C(=O)O)C1CC1. The predicted molar refractivity (Wildman–Crippen MR) is 71.6 cm³/mol. The van der Waals surface area contributed by atoms with Crippen LogP contribution in [0.1, 0.15) is 26.2 Å². The third-order valence-electron chi connectivity index (χ3n) is 3.92. The number of rotatable bonds is 7. The zero-order chi connectivity index (χ0) is 13.9. The van der Waals surface area contributed by atoms with Crippen LogP contribution in [0.2, 0.25) is 0 Å². The molecular weight excluding hydrogens is 244 g/mol. The van der Waals surface area contributed by atoms with Crippen molar-refractivity contribution in [3.05, 3.63) is 24.3 Å². The third-order valence-corrected chi connectivity index (χ3v) is 3.92. The largest absolute Gasteiger partial charge is 0.493 e. The smallest absolute Gasteiger partial charge is 0.309 e. The van der Waals surface area contributed by atoms with Crippen LogP contribution >= 0.6 is 0 Å². The molecule has 0 aromatic heterocycles. The number of hydrogen-bond donors (Lipinski definition) is 1. The maximum absolute atomic E-state index is 11.4. The second-order valence-corrected chi connectivity index (χ2v) is 5.25. The van der Waals surface area contributed by atoms with Crippen LogP contribution < -0.4 is 9.47 Å². The maximum atomic E-state index is 11.4. The van der Waals surface area contributed by atoms with Crippen LogP contribution in [0.5, 0.6) is 11.5 Å². The van der Waals surface area contributed by atoms with Crippen molar-refractivity contribution in [1.82, 2.24) is 0 Å². The summed E-state index contributed by atoms with van der Waals surface area (Å²) in [7, 11) is 1.59. The minimum absolute atomic E-state index is 0.297. The molecule has 1 aromatic carbocycles. The van der Waals surface area contributed by atoms with Crippen LogP contribution in [-0.4, -0.2) is 24.8 Å². The van der Waals surface area contributed by atoms with Gasteiger partial charge in [-0.3, -0.25) is 4.79 Å². The Kier molecular flexibility index (Phi) is 3.98. The van der Waals surface area contributed by atoms with E-state index in [1.54, 1.807) is 7.11 Å². The summed E-state index contributed by atoms with van der Waals surface area (Å²) < 4.78 is 10.9. The monoisotopic (exact) mass is 264 g/mol. The van der Waals surface area contributed by atoms with Crippen LogP contribution in [0.3, 0.4) is 0 Å². The predicted octanol–water partition coefficient (Wildman–Crippen LogP) is 2.97. The molecule has 1 aliphatic rings. The van der Waals surface area contributed by atoms with Crippen LogP contribution in [0.15, 0.2) is 24.3 Å². The highest BCUT2D eigenvalue weighted by Gasteiger charge is 2.47. The number of methoxy groups -OCH3 is 1. The molecule has 4 nitrogen and oxygen atoms in total. The van der Waals surface area contributed by atoms with Crippen molar-refractivity contribution in [3.63, 3.8) is 0 Å². The number of benzene rings is 1. The molecule has 19 heavy (non-hydrogen) atoms. The summed E-state index contributed by atoms with van der Waals surface area (Å²) in [6.07, 6.45) is 2.54. The second kappa shape index (κ2) is 5.51. The Morgan fingerprint density at radius 1 is 1.37 bits per heavy atom. The molecular formula is C15H20O4. The summed E-state index contributed by atoms with van der Waals surface area (Å²) >= 11 is 0. The van der Waals surface area contributed by atoms with E-state index in [2.05, 4.69) is 0 Å². The van der Waals surface area contributed by atoms with Crippen molar-refractivity contribution in [3.8, 4) is 11.5 Å². The van der Waals surface area contributed by atoms with Gasteiger partial charge in [0, 0.05) is 0 Å². The topological polar surface area (TPSA) is 55.8 Å². The lowest BCUT2D eigenvalue weighted by Crippen LogP contribution is -2.31. The molecule has 0 aliphatic heterocycles. The third kappa shape index (κ3) is 3.00. The number of carboxylic acid groups (broad SMARTS) is 1. The molecule has 1 N–H and O–H groups in total. The lowest BCUT2D eigenvalue weighted by Gasteiger charge is -2.24. The fraction of sp³-hybridized carbons (Fsp3) is 0.533. The molecule has 1 unspecified atom stereocenters. The quantitative estimate of drug-likeness (QED) is 0.822. The van der Waals surface area contributed by atoms with E-state index < -0.39 is 11.4 Å². The molecule has 0 bridgehead atoms. The molecule has 1 aliphatic carbocycles. The maximum Gasteiger partial charge on any atom is 0.309 e. The van der Waals surface area contributed by atoms with E-state index in [9.17, 15) is 9.90 Å². The van der Waals surface area contributed by atoms with Gasteiger partial charge < -0.3 is 14.6 Å². The zero-order valence-corrected chi connectivity index (χ0v) is 11.4. The molecule has 4 heteroatoms. The van der Waals surface area contributed by atoms with Gasteiger partial charge in [0.2, 0.25) is 0 Å². The average Bonchev–Trinajstić information content (AvgIpc) is 3.23. The molecule has 1 aromatic rings. The van der Waals surface area contributed by atoms with Gasteiger partial charge in [-0.15, -0.1) is 0 Å². The second-order valence-electron chi connectivity index (χ2n) is 5.25. The molecule has 0 heterocycles. The Morgan fingerprint density at radius 2 is 2.00 bits per heavy atom. The van der Waals surface area contributed by atoms with E-state index in [4.69, 9.17) is 9.47 Å². The standard InChI is InChI=1S/C15H20O4/c1-15(14(16)17,11-7-8-11)9-10-19-13-6-4-3-5-12(13)18-2/h3-6,11H,7-10H2,1-2H3,(H,16,17). The van der Waals surface area contributed by atoms with Gasteiger partial charge in [0.15, 0.2) is 11.5 Å². The first-order valence-electron chi connectivity index (χ1n) is 6.57. The Balaban J connectivity index is 1.94. The number of carboxylic acids is 1. The summed E-state index contributed by atoms with van der Waals surface area (Å²) in [6, 6.07) is 7.40. The molecule has 0 spiro atoms. The molecule has 0 amide bonds. The number of carbonyl (C=O) groups is 1. The number of aliphatic carboxylic acids is 1. The Labute approximate surface area is 113 Å². The lowest BCUT2D eigenvalue weighted by atomic mass is 9.82. The van der Waals surface area contributed by atoms with Gasteiger partial charge in [-0.1, -0.05) is 12.1 Å². The molecule has 0 radical (unpaired) electrons. The Morgan fingerprint density at radius 3 is 2.53 bits per heavy atom. The van der Waals surface area contributed by atoms with Crippen molar-refractivity contribution >= 4 is 5.97 Å². The van der Waals surface area contributed by atoms with E-state index in [1.165, 1.54) is 0 Å². The highest BCUT2D eigenvalue weighted by Crippen LogP contribution is 2.47. The van der Waals surface area contributed by atoms with E-state index in [-0.39, 0.29) is 0 Å². The van der Waals surface area contributed by atoms with Crippen molar-refractivity contribution in [2.24, 2.45) is 11.3 Å². The van der Waals surface area contributed by atoms with E-state index in [0.29, 0.717) is 30.4 Å². The minimum atomic E-state index is -0.723. The highest BCUT2D eigenvalue weighted by atomic mass is 16.5. The van der Waals surface area contributed by atoms with Gasteiger partial charge in [0.05, 0.1) is 19.1 Å². The Bertz CT molecular complexity index is 453. The molecule has 1 fully saturated rings. The van der Waals surface area contributed by atoms with Crippen LogP contribution in [-0.2, 0) is 4.79 Å². The molecule has 1 saturated carbocycles. The van der Waals surface area contributed by atoms with E-state index >= 15 is 0 Å². The van der Waals surface area contributed by atoms with Gasteiger partial charge in [-0.25, -0.2) is 0 Å². The van der Waals surface area contributed by atoms with Crippen LogP contribution in [0.4, 0.5) is 0 Å². The van der Waals surface area contributed by atoms with Gasteiger partial charge in [0.1, 0.15) is 0 Å².